The lowest BCUT2D eigenvalue weighted by molar-refractivity contribution is -0.0303. The number of aliphatic hydroxyl groups is 1. The van der Waals surface area contributed by atoms with E-state index in [-0.39, 0.29) is 0 Å². The smallest absolute Gasteiger partial charge is 0.278 e. The molecule has 90 valence electrons. The standard InChI is InChI=1S/C10H10F4O2/c1-16-9-5-7(11)6(4-8(9)12)10(13,14)2-3-15/h4-5,15H,2-3H2,1H3. The van der Waals surface area contributed by atoms with Crippen LogP contribution in [0, 0.1) is 11.6 Å². The first kappa shape index (κ1) is 12.8. The molecule has 1 rings (SSSR count). The van der Waals surface area contributed by atoms with E-state index in [2.05, 4.69) is 4.74 Å². The van der Waals surface area contributed by atoms with Gasteiger partial charge < -0.3 is 9.84 Å². The van der Waals surface area contributed by atoms with Crippen molar-refractivity contribution in [3.05, 3.63) is 29.3 Å². The van der Waals surface area contributed by atoms with Crippen molar-refractivity contribution in [2.75, 3.05) is 13.7 Å². The zero-order valence-corrected chi connectivity index (χ0v) is 8.44. The summed E-state index contributed by atoms with van der Waals surface area (Å²) in [5.74, 6) is -6.39. The highest BCUT2D eigenvalue weighted by Gasteiger charge is 2.35. The normalized spacial score (nSPS) is 11.6. The second kappa shape index (κ2) is 4.69. The molecule has 1 N–H and O–H groups in total. The van der Waals surface area contributed by atoms with Crippen LogP contribution in [0.3, 0.4) is 0 Å². The fraction of sp³-hybridized carbons (Fsp3) is 0.400. The van der Waals surface area contributed by atoms with E-state index in [1.165, 1.54) is 0 Å². The Bertz CT molecular complexity index is 379. The number of alkyl halides is 2. The Kier molecular flexibility index (Phi) is 3.74. The molecule has 0 saturated heterocycles. The van der Waals surface area contributed by atoms with E-state index in [0.29, 0.717) is 12.1 Å². The van der Waals surface area contributed by atoms with Crippen LogP contribution in [0.25, 0.3) is 0 Å². The highest BCUT2D eigenvalue weighted by molar-refractivity contribution is 5.33. The quantitative estimate of drug-likeness (QED) is 0.816. The molecule has 6 heteroatoms. The van der Waals surface area contributed by atoms with Crippen molar-refractivity contribution in [3.63, 3.8) is 0 Å². The largest absolute Gasteiger partial charge is 0.494 e. The van der Waals surface area contributed by atoms with Crippen molar-refractivity contribution in [3.8, 4) is 5.75 Å². The minimum Gasteiger partial charge on any atom is -0.494 e. The number of aliphatic hydroxyl groups excluding tert-OH is 1. The van der Waals surface area contributed by atoms with Crippen molar-refractivity contribution in [2.45, 2.75) is 12.3 Å². The molecule has 0 amide bonds. The molecule has 1 aromatic carbocycles. The van der Waals surface area contributed by atoms with Gasteiger partial charge in [-0.3, -0.25) is 0 Å². The van der Waals surface area contributed by atoms with Gasteiger partial charge in [0.1, 0.15) is 5.82 Å². The third-order valence-corrected chi connectivity index (χ3v) is 2.06. The molecule has 0 bridgehead atoms. The number of benzene rings is 1. The summed E-state index contributed by atoms with van der Waals surface area (Å²) in [5.41, 5.74) is -1.08. The zero-order chi connectivity index (χ0) is 12.3. The van der Waals surface area contributed by atoms with Gasteiger partial charge in [0.15, 0.2) is 11.6 Å². The van der Waals surface area contributed by atoms with E-state index in [1.54, 1.807) is 0 Å². The van der Waals surface area contributed by atoms with Gasteiger partial charge in [-0.05, 0) is 6.07 Å². The van der Waals surface area contributed by atoms with Crippen molar-refractivity contribution in [2.24, 2.45) is 0 Å². The summed E-state index contributed by atoms with van der Waals surface area (Å²) in [6.07, 6.45) is -0.963. The lowest BCUT2D eigenvalue weighted by Gasteiger charge is -2.17. The molecule has 0 aromatic heterocycles. The van der Waals surface area contributed by atoms with Gasteiger partial charge in [-0.1, -0.05) is 0 Å². The Morgan fingerprint density at radius 1 is 1.25 bits per heavy atom. The Hall–Kier alpha value is -1.30. The minimum absolute atomic E-state index is 0.379. The van der Waals surface area contributed by atoms with Crippen LogP contribution in [-0.4, -0.2) is 18.8 Å². The lowest BCUT2D eigenvalue weighted by atomic mass is 10.0. The van der Waals surface area contributed by atoms with E-state index >= 15 is 0 Å². The molecule has 0 atom stereocenters. The Morgan fingerprint density at radius 3 is 2.38 bits per heavy atom. The summed E-state index contributed by atoms with van der Waals surface area (Å²) in [5, 5.41) is 8.40. The van der Waals surface area contributed by atoms with Gasteiger partial charge in [-0.25, -0.2) is 17.6 Å². The minimum atomic E-state index is -3.61. The number of hydrogen-bond donors (Lipinski definition) is 1. The summed E-state index contributed by atoms with van der Waals surface area (Å²) in [6.45, 7) is -0.819. The average Bonchev–Trinajstić information content (AvgIpc) is 2.20. The molecule has 1 aromatic rings. The van der Waals surface area contributed by atoms with E-state index in [1.807, 2.05) is 0 Å². The molecule has 0 saturated carbocycles. The van der Waals surface area contributed by atoms with Gasteiger partial charge >= 0.3 is 0 Å². The number of ether oxygens (including phenoxy) is 1. The van der Waals surface area contributed by atoms with E-state index in [4.69, 9.17) is 5.11 Å². The fourth-order valence-electron chi connectivity index (χ4n) is 1.24. The zero-order valence-electron chi connectivity index (χ0n) is 8.44. The average molecular weight is 238 g/mol. The molecule has 0 unspecified atom stereocenters. The highest BCUT2D eigenvalue weighted by atomic mass is 19.3. The maximum Gasteiger partial charge on any atom is 0.278 e. The van der Waals surface area contributed by atoms with Crippen molar-refractivity contribution >= 4 is 0 Å². The molecule has 0 heterocycles. The molecular weight excluding hydrogens is 228 g/mol. The van der Waals surface area contributed by atoms with Gasteiger partial charge in [0.05, 0.1) is 12.7 Å². The Morgan fingerprint density at radius 2 is 1.88 bits per heavy atom. The second-order valence-electron chi connectivity index (χ2n) is 3.14. The molecule has 0 aliphatic rings. The summed E-state index contributed by atoms with van der Waals surface area (Å²) in [6, 6.07) is 0.930. The summed E-state index contributed by atoms with van der Waals surface area (Å²) in [4.78, 5) is 0. The number of hydrogen-bond acceptors (Lipinski definition) is 2. The van der Waals surface area contributed by atoms with Crippen molar-refractivity contribution in [1.29, 1.82) is 0 Å². The molecule has 16 heavy (non-hydrogen) atoms. The first-order valence-corrected chi connectivity index (χ1v) is 4.44. The molecule has 0 radical (unpaired) electrons. The maximum atomic E-state index is 13.2. The third kappa shape index (κ3) is 2.44. The predicted molar refractivity (Wildman–Crippen MR) is 48.5 cm³/mol. The van der Waals surface area contributed by atoms with E-state index < -0.39 is 41.9 Å². The third-order valence-electron chi connectivity index (χ3n) is 2.06. The predicted octanol–water partition coefficient (Wildman–Crippen LogP) is 2.45. The van der Waals surface area contributed by atoms with Crippen LogP contribution in [0.15, 0.2) is 12.1 Å². The van der Waals surface area contributed by atoms with Crippen molar-refractivity contribution < 1.29 is 27.4 Å². The summed E-state index contributed by atoms with van der Waals surface area (Å²) in [7, 11) is 1.10. The molecular formula is C10H10F4O2. The maximum absolute atomic E-state index is 13.2. The fourth-order valence-corrected chi connectivity index (χ4v) is 1.24. The van der Waals surface area contributed by atoms with Crippen molar-refractivity contribution in [1.82, 2.24) is 0 Å². The monoisotopic (exact) mass is 238 g/mol. The number of methoxy groups -OCH3 is 1. The molecule has 0 fully saturated rings. The van der Waals surface area contributed by atoms with Crippen LogP contribution in [0.4, 0.5) is 17.6 Å². The molecule has 0 aliphatic carbocycles. The van der Waals surface area contributed by atoms with Gasteiger partial charge in [0, 0.05) is 19.1 Å². The highest BCUT2D eigenvalue weighted by Crippen LogP contribution is 2.35. The van der Waals surface area contributed by atoms with Crippen LogP contribution in [0.1, 0.15) is 12.0 Å². The first-order valence-electron chi connectivity index (χ1n) is 4.44. The molecule has 2 nitrogen and oxygen atoms in total. The van der Waals surface area contributed by atoms with Crippen LogP contribution in [0.2, 0.25) is 0 Å². The lowest BCUT2D eigenvalue weighted by Crippen LogP contribution is -2.17. The number of rotatable bonds is 4. The van der Waals surface area contributed by atoms with Gasteiger partial charge in [-0.15, -0.1) is 0 Å². The van der Waals surface area contributed by atoms with Crippen LogP contribution >= 0.6 is 0 Å². The number of halogens is 4. The van der Waals surface area contributed by atoms with Gasteiger partial charge in [0.2, 0.25) is 0 Å². The van der Waals surface area contributed by atoms with Crippen LogP contribution in [0.5, 0.6) is 5.75 Å². The van der Waals surface area contributed by atoms with E-state index in [9.17, 15) is 17.6 Å². The topological polar surface area (TPSA) is 29.5 Å². The Labute approximate surface area is 89.5 Å². The molecule has 0 aliphatic heterocycles. The van der Waals surface area contributed by atoms with E-state index in [0.717, 1.165) is 7.11 Å². The van der Waals surface area contributed by atoms with Crippen LogP contribution in [-0.2, 0) is 5.92 Å². The second-order valence-corrected chi connectivity index (χ2v) is 3.14. The summed E-state index contributed by atoms with van der Waals surface area (Å²) >= 11 is 0. The van der Waals surface area contributed by atoms with Gasteiger partial charge in [-0.2, -0.15) is 0 Å². The Balaban J connectivity index is 3.20. The molecule has 0 spiro atoms. The van der Waals surface area contributed by atoms with Gasteiger partial charge in [0.25, 0.3) is 5.92 Å². The SMILES string of the molecule is COc1cc(F)c(C(F)(F)CCO)cc1F. The summed E-state index contributed by atoms with van der Waals surface area (Å²) < 4.78 is 57.2. The first-order chi connectivity index (χ1) is 7.42. The van der Waals surface area contributed by atoms with Crippen LogP contribution < -0.4 is 4.74 Å².